The van der Waals surface area contributed by atoms with Crippen LogP contribution in [0.25, 0.3) is 0 Å². The lowest BCUT2D eigenvalue weighted by molar-refractivity contribution is 0.281. The molecule has 0 amide bonds. The van der Waals surface area contributed by atoms with Gasteiger partial charge in [0.25, 0.3) is 0 Å². The van der Waals surface area contributed by atoms with Gasteiger partial charge < -0.3 is 5.11 Å². The molecule has 2 aromatic rings. The summed E-state index contributed by atoms with van der Waals surface area (Å²) in [5.74, 6) is -0.0136. The van der Waals surface area contributed by atoms with Gasteiger partial charge in [-0.1, -0.05) is 24.3 Å². The van der Waals surface area contributed by atoms with E-state index in [4.69, 9.17) is 5.11 Å². The summed E-state index contributed by atoms with van der Waals surface area (Å²) in [6.07, 6.45) is 0.795. The highest BCUT2D eigenvalue weighted by Gasteiger charge is 2.27. The molecule has 0 aliphatic carbocycles. The van der Waals surface area contributed by atoms with Gasteiger partial charge in [0.1, 0.15) is 0 Å². The van der Waals surface area contributed by atoms with Crippen molar-refractivity contribution in [1.82, 2.24) is 4.31 Å². The highest BCUT2D eigenvalue weighted by atomic mass is 32.2. The molecular weight excluding hydrogens is 306 g/mol. The second kappa shape index (κ2) is 5.88. The fourth-order valence-corrected chi connectivity index (χ4v) is 4.96. The number of fused-ring (bicyclic) bond motifs is 1. The zero-order chi connectivity index (χ0) is 14.9. The molecule has 1 aliphatic rings. The molecule has 4 nitrogen and oxygen atoms in total. The van der Waals surface area contributed by atoms with E-state index < -0.39 is 10.0 Å². The van der Waals surface area contributed by atoms with Crippen LogP contribution in [0, 0.1) is 0 Å². The maximum Gasteiger partial charge on any atom is 0.218 e. The number of rotatable bonds is 4. The van der Waals surface area contributed by atoms with Crippen LogP contribution < -0.4 is 0 Å². The SMILES string of the molecule is O=S(=O)(Cc1cccc(CO)c1)N1CCc2sccc2C1. The third-order valence-corrected chi connectivity index (χ3v) is 6.51. The first-order valence-corrected chi connectivity index (χ1v) is 9.29. The second-order valence-corrected chi connectivity index (χ2v) is 8.16. The molecule has 2 heterocycles. The first-order chi connectivity index (χ1) is 10.1. The molecule has 1 N–H and O–H groups in total. The Kier molecular flexibility index (Phi) is 4.12. The van der Waals surface area contributed by atoms with E-state index >= 15 is 0 Å². The van der Waals surface area contributed by atoms with Gasteiger partial charge >= 0.3 is 0 Å². The molecule has 112 valence electrons. The zero-order valence-corrected chi connectivity index (χ0v) is 13.2. The standard InChI is InChI=1S/C15H17NO3S2/c17-10-12-2-1-3-13(8-12)11-21(18,19)16-6-4-15-14(9-16)5-7-20-15/h1-3,5,7-8,17H,4,6,9-11H2. The van der Waals surface area contributed by atoms with Gasteiger partial charge in [-0.05, 0) is 34.6 Å². The van der Waals surface area contributed by atoms with E-state index in [0.29, 0.717) is 13.1 Å². The number of sulfonamides is 1. The van der Waals surface area contributed by atoms with E-state index in [2.05, 4.69) is 0 Å². The normalized spacial score (nSPS) is 15.9. The average Bonchev–Trinajstić information content (AvgIpc) is 2.94. The fourth-order valence-electron chi connectivity index (χ4n) is 2.58. The van der Waals surface area contributed by atoms with E-state index in [1.54, 1.807) is 39.9 Å². The Morgan fingerprint density at radius 3 is 2.86 bits per heavy atom. The molecule has 1 aliphatic heterocycles. The van der Waals surface area contributed by atoms with Crippen molar-refractivity contribution in [3.63, 3.8) is 0 Å². The molecule has 1 aromatic carbocycles. The first kappa shape index (κ1) is 14.7. The molecule has 0 bridgehead atoms. The topological polar surface area (TPSA) is 57.6 Å². The van der Waals surface area contributed by atoms with Gasteiger partial charge in [-0.3, -0.25) is 0 Å². The molecule has 21 heavy (non-hydrogen) atoms. The second-order valence-electron chi connectivity index (χ2n) is 5.19. The predicted molar refractivity (Wildman–Crippen MR) is 83.4 cm³/mol. The van der Waals surface area contributed by atoms with Crippen molar-refractivity contribution in [2.24, 2.45) is 0 Å². The quantitative estimate of drug-likeness (QED) is 0.938. The summed E-state index contributed by atoms with van der Waals surface area (Å²) in [5, 5.41) is 11.2. The fraction of sp³-hybridized carbons (Fsp3) is 0.333. The number of aliphatic hydroxyl groups is 1. The third kappa shape index (κ3) is 3.18. The maximum absolute atomic E-state index is 12.6. The van der Waals surface area contributed by atoms with Crippen molar-refractivity contribution in [2.45, 2.75) is 25.3 Å². The number of nitrogens with zero attached hydrogens (tertiary/aromatic N) is 1. The van der Waals surface area contributed by atoms with Crippen LogP contribution in [0.2, 0.25) is 0 Å². The van der Waals surface area contributed by atoms with Crippen LogP contribution in [0.4, 0.5) is 0 Å². The minimum Gasteiger partial charge on any atom is -0.392 e. The van der Waals surface area contributed by atoms with Gasteiger partial charge in [-0.15, -0.1) is 11.3 Å². The van der Waals surface area contributed by atoms with Gasteiger partial charge in [-0.2, -0.15) is 4.31 Å². The summed E-state index contributed by atoms with van der Waals surface area (Å²) in [6.45, 7) is 0.951. The van der Waals surface area contributed by atoms with Crippen LogP contribution in [0.5, 0.6) is 0 Å². The summed E-state index contributed by atoms with van der Waals surface area (Å²) in [5.41, 5.74) is 2.58. The Morgan fingerprint density at radius 1 is 1.24 bits per heavy atom. The van der Waals surface area contributed by atoms with E-state index in [9.17, 15) is 8.42 Å². The lowest BCUT2D eigenvalue weighted by atomic mass is 10.1. The van der Waals surface area contributed by atoms with Gasteiger partial charge in [0, 0.05) is 18.0 Å². The molecule has 6 heteroatoms. The average molecular weight is 323 g/mol. The molecule has 0 saturated heterocycles. The Hall–Kier alpha value is -1.21. The highest BCUT2D eigenvalue weighted by Crippen LogP contribution is 2.26. The summed E-state index contributed by atoms with van der Waals surface area (Å²) >= 11 is 1.70. The summed E-state index contributed by atoms with van der Waals surface area (Å²) < 4.78 is 26.7. The highest BCUT2D eigenvalue weighted by molar-refractivity contribution is 7.88. The monoisotopic (exact) mass is 323 g/mol. The van der Waals surface area contributed by atoms with Crippen molar-refractivity contribution in [3.05, 3.63) is 57.3 Å². The van der Waals surface area contributed by atoms with Crippen LogP contribution in [-0.2, 0) is 35.3 Å². The van der Waals surface area contributed by atoms with Crippen LogP contribution in [0.1, 0.15) is 21.6 Å². The Bertz CT molecular complexity index is 737. The minimum atomic E-state index is -3.33. The van der Waals surface area contributed by atoms with Crippen LogP contribution in [-0.4, -0.2) is 24.4 Å². The van der Waals surface area contributed by atoms with Gasteiger partial charge in [0.05, 0.1) is 12.4 Å². The van der Waals surface area contributed by atoms with E-state index in [0.717, 1.165) is 23.1 Å². The van der Waals surface area contributed by atoms with Gasteiger partial charge in [0.2, 0.25) is 10.0 Å². The molecule has 1 aromatic heterocycles. The smallest absolute Gasteiger partial charge is 0.218 e. The summed E-state index contributed by atoms with van der Waals surface area (Å²) in [4.78, 5) is 1.30. The largest absolute Gasteiger partial charge is 0.392 e. The van der Waals surface area contributed by atoms with Crippen molar-refractivity contribution >= 4 is 21.4 Å². The van der Waals surface area contributed by atoms with Gasteiger partial charge in [0.15, 0.2) is 0 Å². The predicted octanol–water partition coefficient (Wildman–Crippen LogP) is 2.13. The Labute approximate surface area is 128 Å². The number of benzene rings is 1. The van der Waals surface area contributed by atoms with Crippen molar-refractivity contribution in [3.8, 4) is 0 Å². The van der Waals surface area contributed by atoms with E-state index in [1.165, 1.54) is 4.88 Å². The summed E-state index contributed by atoms with van der Waals surface area (Å²) in [6, 6.07) is 9.11. The Morgan fingerprint density at radius 2 is 2.05 bits per heavy atom. The molecule has 0 spiro atoms. The molecule has 0 saturated carbocycles. The molecule has 0 radical (unpaired) electrons. The number of thiophene rings is 1. The minimum absolute atomic E-state index is 0.0136. The van der Waals surface area contributed by atoms with Crippen molar-refractivity contribution in [2.75, 3.05) is 6.54 Å². The molecular formula is C15H17NO3S2. The summed E-state index contributed by atoms with van der Waals surface area (Å²) in [7, 11) is -3.33. The number of hydrogen-bond acceptors (Lipinski definition) is 4. The van der Waals surface area contributed by atoms with E-state index in [-0.39, 0.29) is 12.4 Å². The number of hydrogen-bond donors (Lipinski definition) is 1. The van der Waals surface area contributed by atoms with E-state index in [1.807, 2.05) is 11.4 Å². The molecule has 0 fully saturated rings. The molecule has 0 unspecified atom stereocenters. The van der Waals surface area contributed by atoms with Crippen molar-refractivity contribution in [1.29, 1.82) is 0 Å². The number of aliphatic hydroxyl groups excluding tert-OH is 1. The van der Waals surface area contributed by atoms with Crippen LogP contribution in [0.15, 0.2) is 35.7 Å². The maximum atomic E-state index is 12.6. The van der Waals surface area contributed by atoms with Crippen LogP contribution >= 0.6 is 11.3 Å². The van der Waals surface area contributed by atoms with Crippen molar-refractivity contribution < 1.29 is 13.5 Å². The third-order valence-electron chi connectivity index (χ3n) is 3.69. The lowest BCUT2D eigenvalue weighted by Crippen LogP contribution is -2.36. The zero-order valence-electron chi connectivity index (χ0n) is 11.5. The molecule has 0 atom stereocenters. The lowest BCUT2D eigenvalue weighted by Gasteiger charge is -2.26. The molecule has 3 rings (SSSR count). The van der Waals surface area contributed by atoms with Gasteiger partial charge in [-0.25, -0.2) is 8.42 Å². The Balaban J connectivity index is 1.78. The first-order valence-electron chi connectivity index (χ1n) is 6.80. The van der Waals surface area contributed by atoms with Crippen LogP contribution in [0.3, 0.4) is 0 Å².